The Hall–Kier alpha value is -3.59. The number of oxime groups is 1. The molecule has 2 heterocycles. The Kier molecular flexibility index (Phi) is 8.07. The highest BCUT2D eigenvalue weighted by Crippen LogP contribution is 2.33. The van der Waals surface area contributed by atoms with Gasteiger partial charge in [-0.2, -0.15) is 10.2 Å². The number of aromatic nitrogens is 4. The van der Waals surface area contributed by atoms with Crippen LogP contribution in [-0.2, 0) is 11.4 Å². The molecule has 5 rings (SSSR count). The predicted molar refractivity (Wildman–Crippen MR) is 154 cm³/mol. The van der Waals surface area contributed by atoms with Crippen LogP contribution in [0.2, 0.25) is 10.2 Å². The van der Waals surface area contributed by atoms with E-state index in [0.29, 0.717) is 10.2 Å². The van der Waals surface area contributed by atoms with Gasteiger partial charge in [0.05, 0.1) is 40.1 Å². The Morgan fingerprint density at radius 2 is 1.46 bits per heavy atom. The smallest absolute Gasteiger partial charge is 0.147 e. The molecule has 198 valence electrons. The van der Waals surface area contributed by atoms with Crippen LogP contribution in [0.25, 0.3) is 11.4 Å². The van der Waals surface area contributed by atoms with Crippen LogP contribution in [0.1, 0.15) is 28.1 Å². The molecule has 10 heteroatoms. The van der Waals surface area contributed by atoms with Crippen LogP contribution in [0, 0.1) is 26.6 Å². The second kappa shape index (κ2) is 11.7. The zero-order valence-corrected chi connectivity index (χ0v) is 23.7. The van der Waals surface area contributed by atoms with E-state index in [1.165, 1.54) is 23.9 Å². The predicted octanol–water partition coefficient (Wildman–Crippen LogP) is 8.13. The van der Waals surface area contributed by atoms with Crippen LogP contribution in [0.4, 0.5) is 4.39 Å². The van der Waals surface area contributed by atoms with Crippen LogP contribution in [-0.4, -0.2) is 25.8 Å². The molecule has 0 spiro atoms. The third kappa shape index (κ3) is 6.03. The van der Waals surface area contributed by atoms with Crippen LogP contribution in [0.5, 0.6) is 0 Å². The van der Waals surface area contributed by atoms with Gasteiger partial charge in [0, 0.05) is 9.92 Å². The highest BCUT2D eigenvalue weighted by molar-refractivity contribution is 7.99. The van der Waals surface area contributed by atoms with E-state index in [1.54, 1.807) is 35.2 Å². The number of hydrogen-bond donors (Lipinski definition) is 0. The summed E-state index contributed by atoms with van der Waals surface area (Å²) in [4.78, 5) is 6.55. The van der Waals surface area contributed by atoms with Crippen molar-refractivity contribution >= 4 is 41.2 Å². The average Bonchev–Trinajstić information content (AvgIpc) is 3.38. The lowest BCUT2D eigenvalue weighted by Gasteiger charge is -2.09. The maximum Gasteiger partial charge on any atom is 0.147 e. The molecule has 0 aliphatic rings. The van der Waals surface area contributed by atoms with Crippen LogP contribution >= 0.6 is 35.0 Å². The second-order valence-corrected chi connectivity index (χ2v) is 10.7. The van der Waals surface area contributed by atoms with Gasteiger partial charge in [0.1, 0.15) is 22.6 Å². The van der Waals surface area contributed by atoms with Gasteiger partial charge in [-0.3, -0.25) is 0 Å². The number of halogens is 3. The lowest BCUT2D eigenvalue weighted by Crippen LogP contribution is -1.99. The zero-order valence-electron chi connectivity index (χ0n) is 21.4. The number of rotatable bonds is 8. The number of benzene rings is 3. The summed E-state index contributed by atoms with van der Waals surface area (Å²) in [5.41, 5.74) is 5.90. The zero-order chi connectivity index (χ0) is 27.5. The Balaban J connectivity index is 1.40. The summed E-state index contributed by atoms with van der Waals surface area (Å²) in [6, 6.07) is 21.7. The van der Waals surface area contributed by atoms with Crippen molar-refractivity contribution in [2.75, 3.05) is 0 Å². The molecule has 0 saturated heterocycles. The quantitative estimate of drug-likeness (QED) is 0.137. The fourth-order valence-corrected chi connectivity index (χ4v) is 5.37. The third-order valence-electron chi connectivity index (χ3n) is 6.03. The van der Waals surface area contributed by atoms with Crippen LogP contribution in [0.3, 0.4) is 0 Å². The first-order chi connectivity index (χ1) is 18.8. The van der Waals surface area contributed by atoms with E-state index in [1.807, 2.05) is 61.9 Å². The topological polar surface area (TPSA) is 57.2 Å². The van der Waals surface area contributed by atoms with Crippen molar-refractivity contribution in [3.05, 3.63) is 117 Å². The van der Waals surface area contributed by atoms with Gasteiger partial charge in [-0.1, -0.05) is 57.8 Å². The van der Waals surface area contributed by atoms with Gasteiger partial charge in [-0.15, -0.1) is 0 Å². The number of hydrogen-bond acceptors (Lipinski definition) is 5. The molecule has 3 aromatic carbocycles. The molecule has 39 heavy (non-hydrogen) atoms. The van der Waals surface area contributed by atoms with Crippen molar-refractivity contribution in [2.24, 2.45) is 5.16 Å². The minimum atomic E-state index is -0.286. The van der Waals surface area contributed by atoms with Gasteiger partial charge in [-0.25, -0.2) is 13.8 Å². The molecule has 0 saturated carbocycles. The highest BCUT2D eigenvalue weighted by atomic mass is 35.5. The summed E-state index contributed by atoms with van der Waals surface area (Å²) in [7, 11) is 0. The number of aryl methyl sites for hydroxylation is 3. The minimum absolute atomic E-state index is 0.139. The van der Waals surface area contributed by atoms with Gasteiger partial charge in [-0.05, 0) is 81.4 Å². The Bertz CT molecular complexity index is 1630. The summed E-state index contributed by atoms with van der Waals surface area (Å²) >= 11 is 14.1. The molecule has 0 aliphatic heterocycles. The van der Waals surface area contributed by atoms with Crippen molar-refractivity contribution in [3.8, 4) is 11.4 Å². The van der Waals surface area contributed by atoms with Crippen molar-refractivity contribution in [3.63, 3.8) is 0 Å². The van der Waals surface area contributed by atoms with Crippen molar-refractivity contribution in [2.45, 2.75) is 37.3 Å². The van der Waals surface area contributed by atoms with Gasteiger partial charge >= 0.3 is 0 Å². The lowest BCUT2D eigenvalue weighted by atomic mass is 10.2. The summed E-state index contributed by atoms with van der Waals surface area (Å²) in [6.07, 6.45) is 1.64. The lowest BCUT2D eigenvalue weighted by molar-refractivity contribution is 0.131. The molecule has 0 atom stereocenters. The molecule has 0 radical (unpaired) electrons. The SMILES string of the molecule is Cc1ccc(-n2nc(C)c(/C=N/OCc3c(C)nn(-c4ccc(Cl)cc4)c3Cl)c2Sc2ccc(F)cc2)cc1. The average molecular weight is 581 g/mol. The number of nitrogens with zero attached hydrogens (tertiary/aromatic N) is 5. The molecular weight excluding hydrogens is 556 g/mol. The molecule has 6 nitrogen and oxygen atoms in total. The van der Waals surface area contributed by atoms with E-state index in [2.05, 4.69) is 10.3 Å². The maximum atomic E-state index is 13.5. The second-order valence-electron chi connectivity index (χ2n) is 8.86. The van der Waals surface area contributed by atoms with E-state index in [-0.39, 0.29) is 12.4 Å². The van der Waals surface area contributed by atoms with Crippen molar-refractivity contribution in [1.82, 2.24) is 19.6 Å². The standard InChI is InChI=1S/C29H24Cl2FN5OS/c1-18-4-10-24(11-5-18)37-29(39-25-14-8-22(32)9-15-25)26(19(2)35-37)16-33-38-17-27-20(3)34-36(28(27)31)23-12-6-21(30)7-13-23/h4-16H,17H2,1-3H3/b33-16+. The summed E-state index contributed by atoms with van der Waals surface area (Å²) < 4.78 is 17.0. The Morgan fingerprint density at radius 1 is 0.846 bits per heavy atom. The molecule has 0 aliphatic carbocycles. The summed E-state index contributed by atoms with van der Waals surface area (Å²) in [5, 5.41) is 15.5. The molecule has 0 amide bonds. The van der Waals surface area contributed by atoms with E-state index in [9.17, 15) is 4.39 Å². The normalized spacial score (nSPS) is 11.4. The van der Waals surface area contributed by atoms with E-state index in [0.717, 1.165) is 49.4 Å². The Morgan fingerprint density at radius 3 is 2.15 bits per heavy atom. The first kappa shape index (κ1) is 27.0. The molecule has 0 unspecified atom stereocenters. The molecular formula is C29H24Cl2FN5OS. The molecule has 0 bridgehead atoms. The molecule has 0 fully saturated rings. The first-order valence-electron chi connectivity index (χ1n) is 12.1. The van der Waals surface area contributed by atoms with Gasteiger partial charge in [0.2, 0.25) is 0 Å². The monoisotopic (exact) mass is 579 g/mol. The fraction of sp³-hybridized carbons (Fsp3) is 0.138. The van der Waals surface area contributed by atoms with Crippen LogP contribution < -0.4 is 0 Å². The molecule has 5 aromatic rings. The molecule has 2 aromatic heterocycles. The largest absolute Gasteiger partial charge is 0.391 e. The van der Waals surface area contributed by atoms with Crippen LogP contribution in [0.15, 0.2) is 87.9 Å². The van der Waals surface area contributed by atoms with Gasteiger partial charge in [0.15, 0.2) is 0 Å². The highest BCUT2D eigenvalue weighted by Gasteiger charge is 2.18. The third-order valence-corrected chi connectivity index (χ3v) is 7.76. The van der Waals surface area contributed by atoms with Crippen molar-refractivity contribution in [1.29, 1.82) is 0 Å². The van der Waals surface area contributed by atoms with E-state index < -0.39 is 0 Å². The van der Waals surface area contributed by atoms with E-state index >= 15 is 0 Å². The summed E-state index contributed by atoms with van der Waals surface area (Å²) in [5.74, 6) is -0.286. The Labute approximate surface area is 240 Å². The summed E-state index contributed by atoms with van der Waals surface area (Å²) in [6.45, 7) is 5.96. The minimum Gasteiger partial charge on any atom is -0.391 e. The van der Waals surface area contributed by atoms with E-state index in [4.69, 9.17) is 33.1 Å². The van der Waals surface area contributed by atoms with Gasteiger partial charge in [0.25, 0.3) is 0 Å². The first-order valence-corrected chi connectivity index (χ1v) is 13.6. The maximum absolute atomic E-state index is 13.5. The van der Waals surface area contributed by atoms with Crippen molar-refractivity contribution < 1.29 is 9.23 Å². The molecule has 0 N–H and O–H groups in total. The fourth-order valence-electron chi connectivity index (χ4n) is 3.88. The van der Waals surface area contributed by atoms with Gasteiger partial charge < -0.3 is 4.84 Å².